The summed E-state index contributed by atoms with van der Waals surface area (Å²) in [7, 11) is 0. The van der Waals surface area contributed by atoms with E-state index in [1.807, 2.05) is 30.3 Å². The van der Waals surface area contributed by atoms with Gasteiger partial charge in [-0.05, 0) is 36.1 Å². The second-order valence-electron chi connectivity index (χ2n) is 5.67. The van der Waals surface area contributed by atoms with Crippen LogP contribution >= 0.6 is 0 Å². The first-order chi connectivity index (χ1) is 9.76. The van der Waals surface area contributed by atoms with Crippen molar-refractivity contribution >= 4 is 0 Å². The maximum Gasteiger partial charge on any atom is 0.120 e. The molecule has 0 amide bonds. The highest BCUT2D eigenvalue weighted by Crippen LogP contribution is 2.37. The Hall–Kier alpha value is -1.80. The summed E-state index contributed by atoms with van der Waals surface area (Å²) in [5.41, 5.74) is 8.74. The van der Waals surface area contributed by atoms with Crippen LogP contribution in [0.5, 0.6) is 5.75 Å². The monoisotopic (exact) mass is 267 g/mol. The lowest BCUT2D eigenvalue weighted by Crippen LogP contribution is -2.32. The van der Waals surface area contributed by atoms with Crippen molar-refractivity contribution in [2.45, 2.75) is 37.8 Å². The van der Waals surface area contributed by atoms with Crippen molar-refractivity contribution in [2.75, 3.05) is 0 Å². The molecule has 1 fully saturated rings. The average Bonchev–Trinajstić information content (AvgIpc) is 2.95. The van der Waals surface area contributed by atoms with Gasteiger partial charge in [-0.3, -0.25) is 0 Å². The fourth-order valence-electron chi connectivity index (χ4n) is 2.93. The molecule has 2 heteroatoms. The van der Waals surface area contributed by atoms with E-state index in [2.05, 4.69) is 24.3 Å². The average molecular weight is 267 g/mol. The molecule has 0 bridgehead atoms. The van der Waals surface area contributed by atoms with E-state index in [0.717, 1.165) is 18.6 Å². The second-order valence-corrected chi connectivity index (χ2v) is 5.67. The maximum atomic E-state index is 6.50. The molecular weight excluding hydrogens is 246 g/mol. The van der Waals surface area contributed by atoms with Crippen LogP contribution in [0, 0.1) is 0 Å². The molecule has 0 aromatic heterocycles. The molecule has 0 unspecified atom stereocenters. The van der Waals surface area contributed by atoms with Crippen LogP contribution in [-0.2, 0) is 12.1 Å². The third-order valence-electron chi connectivity index (χ3n) is 4.15. The number of ether oxygens (including phenoxy) is 1. The fraction of sp³-hybridized carbons (Fsp3) is 0.333. The molecule has 2 aromatic rings. The highest BCUT2D eigenvalue weighted by molar-refractivity contribution is 5.34. The molecular formula is C18H21NO. The van der Waals surface area contributed by atoms with E-state index in [4.69, 9.17) is 10.5 Å². The molecule has 0 spiro atoms. The third-order valence-corrected chi connectivity index (χ3v) is 4.15. The van der Waals surface area contributed by atoms with Crippen LogP contribution in [0.4, 0.5) is 0 Å². The van der Waals surface area contributed by atoms with Gasteiger partial charge in [0.15, 0.2) is 0 Å². The molecule has 2 N–H and O–H groups in total. The van der Waals surface area contributed by atoms with E-state index in [1.54, 1.807) is 0 Å². The van der Waals surface area contributed by atoms with Gasteiger partial charge in [-0.25, -0.2) is 0 Å². The van der Waals surface area contributed by atoms with Gasteiger partial charge in [0.2, 0.25) is 0 Å². The molecule has 0 atom stereocenters. The lowest BCUT2D eigenvalue weighted by atomic mass is 9.89. The van der Waals surface area contributed by atoms with Gasteiger partial charge in [-0.1, -0.05) is 55.3 Å². The summed E-state index contributed by atoms with van der Waals surface area (Å²) in [4.78, 5) is 0. The first-order valence-corrected chi connectivity index (χ1v) is 7.32. The molecule has 2 nitrogen and oxygen atoms in total. The fourth-order valence-corrected chi connectivity index (χ4v) is 2.93. The standard InChI is InChI=1S/C18H21NO/c19-18(11-4-5-12-18)16-9-6-10-17(13-16)20-14-15-7-2-1-3-8-15/h1-3,6-10,13H,4-5,11-12,14,19H2. The molecule has 20 heavy (non-hydrogen) atoms. The number of nitrogens with two attached hydrogens (primary N) is 1. The van der Waals surface area contributed by atoms with Crippen LogP contribution < -0.4 is 10.5 Å². The van der Waals surface area contributed by atoms with Crippen LogP contribution in [0.2, 0.25) is 0 Å². The number of hydrogen-bond acceptors (Lipinski definition) is 2. The zero-order chi connectivity index (χ0) is 13.8. The lowest BCUT2D eigenvalue weighted by Gasteiger charge is -2.24. The minimum Gasteiger partial charge on any atom is -0.489 e. The Morgan fingerprint density at radius 1 is 0.950 bits per heavy atom. The van der Waals surface area contributed by atoms with Gasteiger partial charge in [-0.2, -0.15) is 0 Å². The summed E-state index contributed by atoms with van der Waals surface area (Å²) in [6, 6.07) is 18.5. The summed E-state index contributed by atoms with van der Waals surface area (Å²) < 4.78 is 5.88. The highest BCUT2D eigenvalue weighted by Gasteiger charge is 2.31. The predicted octanol–water partition coefficient (Wildman–Crippen LogP) is 3.99. The van der Waals surface area contributed by atoms with Crippen LogP contribution in [0.1, 0.15) is 36.8 Å². The SMILES string of the molecule is NC1(c2cccc(OCc3ccccc3)c2)CCCC1. The third kappa shape index (κ3) is 2.86. The Morgan fingerprint density at radius 3 is 2.45 bits per heavy atom. The van der Waals surface area contributed by atoms with E-state index in [9.17, 15) is 0 Å². The summed E-state index contributed by atoms with van der Waals surface area (Å²) in [6.45, 7) is 0.599. The van der Waals surface area contributed by atoms with Crippen molar-refractivity contribution < 1.29 is 4.74 Å². The summed E-state index contributed by atoms with van der Waals surface area (Å²) >= 11 is 0. The van der Waals surface area contributed by atoms with Gasteiger partial charge < -0.3 is 10.5 Å². The predicted molar refractivity (Wildman–Crippen MR) is 81.5 cm³/mol. The van der Waals surface area contributed by atoms with Crippen LogP contribution in [0.15, 0.2) is 54.6 Å². The van der Waals surface area contributed by atoms with Gasteiger partial charge in [0.1, 0.15) is 12.4 Å². The molecule has 1 saturated carbocycles. The largest absolute Gasteiger partial charge is 0.489 e. The topological polar surface area (TPSA) is 35.2 Å². The van der Waals surface area contributed by atoms with E-state index in [0.29, 0.717) is 6.61 Å². The molecule has 3 rings (SSSR count). The van der Waals surface area contributed by atoms with Crippen molar-refractivity contribution in [1.29, 1.82) is 0 Å². The number of benzene rings is 2. The van der Waals surface area contributed by atoms with Crippen LogP contribution in [0.25, 0.3) is 0 Å². The maximum absolute atomic E-state index is 6.50. The zero-order valence-corrected chi connectivity index (χ0v) is 11.7. The van der Waals surface area contributed by atoms with Gasteiger partial charge in [0, 0.05) is 5.54 Å². The van der Waals surface area contributed by atoms with E-state index in [1.165, 1.54) is 24.0 Å². The zero-order valence-electron chi connectivity index (χ0n) is 11.7. The molecule has 2 aromatic carbocycles. The summed E-state index contributed by atoms with van der Waals surface area (Å²) in [5.74, 6) is 0.906. The number of hydrogen-bond donors (Lipinski definition) is 1. The normalized spacial score (nSPS) is 17.1. The van der Waals surface area contributed by atoms with Gasteiger partial charge in [0.05, 0.1) is 0 Å². The van der Waals surface area contributed by atoms with Crippen LogP contribution in [0.3, 0.4) is 0 Å². The molecule has 104 valence electrons. The second kappa shape index (κ2) is 5.68. The van der Waals surface area contributed by atoms with E-state index in [-0.39, 0.29) is 5.54 Å². The Bertz CT molecular complexity index is 559. The molecule has 1 aliphatic rings. The van der Waals surface area contributed by atoms with Gasteiger partial charge >= 0.3 is 0 Å². The number of rotatable bonds is 4. The molecule has 0 aliphatic heterocycles. The Kier molecular flexibility index (Phi) is 3.75. The van der Waals surface area contributed by atoms with E-state index < -0.39 is 0 Å². The summed E-state index contributed by atoms with van der Waals surface area (Å²) in [6.07, 6.45) is 4.61. The Morgan fingerprint density at radius 2 is 1.70 bits per heavy atom. The minimum atomic E-state index is -0.147. The van der Waals surface area contributed by atoms with E-state index >= 15 is 0 Å². The minimum absolute atomic E-state index is 0.147. The smallest absolute Gasteiger partial charge is 0.120 e. The van der Waals surface area contributed by atoms with Crippen molar-refractivity contribution in [3.05, 3.63) is 65.7 Å². The highest BCUT2D eigenvalue weighted by atomic mass is 16.5. The molecule has 0 saturated heterocycles. The first kappa shape index (κ1) is 13.2. The van der Waals surface area contributed by atoms with Gasteiger partial charge in [-0.15, -0.1) is 0 Å². The molecule has 1 aliphatic carbocycles. The lowest BCUT2D eigenvalue weighted by molar-refractivity contribution is 0.304. The van der Waals surface area contributed by atoms with Crippen molar-refractivity contribution in [3.8, 4) is 5.75 Å². The quantitative estimate of drug-likeness (QED) is 0.909. The van der Waals surface area contributed by atoms with Crippen molar-refractivity contribution in [3.63, 3.8) is 0 Å². The van der Waals surface area contributed by atoms with Crippen LogP contribution in [-0.4, -0.2) is 0 Å². The molecule has 0 heterocycles. The summed E-state index contributed by atoms with van der Waals surface area (Å²) in [5, 5.41) is 0. The van der Waals surface area contributed by atoms with Crippen molar-refractivity contribution in [2.24, 2.45) is 5.73 Å². The molecule has 0 radical (unpaired) electrons. The van der Waals surface area contributed by atoms with Crippen molar-refractivity contribution in [1.82, 2.24) is 0 Å². The Labute approximate surface area is 120 Å². The van der Waals surface area contributed by atoms with Gasteiger partial charge in [0.25, 0.3) is 0 Å². The first-order valence-electron chi connectivity index (χ1n) is 7.32. The Balaban J connectivity index is 1.71.